The maximum absolute atomic E-state index is 12.5. The Kier molecular flexibility index (Phi) is 5.94. The Hall–Kier alpha value is -2.33. The molecule has 0 radical (unpaired) electrons. The first-order chi connectivity index (χ1) is 12.5. The van der Waals surface area contributed by atoms with E-state index in [0.717, 1.165) is 16.8 Å². The largest absolute Gasteiger partial charge is 0.342 e. The van der Waals surface area contributed by atoms with Crippen LogP contribution in [0.15, 0.2) is 48.5 Å². The average Bonchev–Trinajstić information content (AvgIpc) is 2.65. The van der Waals surface area contributed by atoms with Crippen LogP contribution in [0.3, 0.4) is 0 Å². The van der Waals surface area contributed by atoms with E-state index in [2.05, 4.69) is 5.32 Å². The lowest BCUT2D eigenvalue weighted by atomic mass is 9.95. The van der Waals surface area contributed by atoms with Gasteiger partial charge in [-0.3, -0.25) is 9.59 Å². The van der Waals surface area contributed by atoms with Crippen LogP contribution in [-0.4, -0.2) is 29.8 Å². The van der Waals surface area contributed by atoms with Gasteiger partial charge in [0.05, 0.1) is 6.42 Å². The van der Waals surface area contributed by atoms with Gasteiger partial charge in [0, 0.05) is 29.7 Å². The summed E-state index contributed by atoms with van der Waals surface area (Å²) in [5, 5.41) is 3.57. The van der Waals surface area contributed by atoms with Gasteiger partial charge < -0.3 is 10.2 Å². The first-order valence-corrected chi connectivity index (χ1v) is 9.29. The first-order valence-electron chi connectivity index (χ1n) is 8.91. The number of aryl methyl sites for hydroxylation is 1. The van der Waals surface area contributed by atoms with Gasteiger partial charge in [0.15, 0.2) is 0 Å². The molecule has 0 unspecified atom stereocenters. The van der Waals surface area contributed by atoms with Crippen molar-refractivity contribution in [2.75, 3.05) is 18.4 Å². The van der Waals surface area contributed by atoms with E-state index in [9.17, 15) is 9.59 Å². The minimum Gasteiger partial charge on any atom is -0.342 e. The van der Waals surface area contributed by atoms with Crippen molar-refractivity contribution in [2.45, 2.75) is 26.2 Å². The molecule has 1 N–H and O–H groups in total. The highest BCUT2D eigenvalue weighted by molar-refractivity contribution is 6.30. The minimum atomic E-state index is -0.0619. The van der Waals surface area contributed by atoms with E-state index in [-0.39, 0.29) is 17.7 Å². The quantitative estimate of drug-likeness (QED) is 0.882. The first kappa shape index (κ1) is 18.5. The van der Waals surface area contributed by atoms with Crippen LogP contribution in [0.2, 0.25) is 5.02 Å². The van der Waals surface area contributed by atoms with Gasteiger partial charge >= 0.3 is 0 Å². The maximum atomic E-state index is 12.5. The van der Waals surface area contributed by atoms with Crippen LogP contribution in [0.5, 0.6) is 0 Å². The molecule has 2 aromatic carbocycles. The second-order valence-corrected chi connectivity index (χ2v) is 7.19. The van der Waals surface area contributed by atoms with E-state index in [1.165, 1.54) is 0 Å². The van der Waals surface area contributed by atoms with Crippen LogP contribution in [0.1, 0.15) is 24.0 Å². The van der Waals surface area contributed by atoms with Gasteiger partial charge in [0.2, 0.25) is 11.8 Å². The Balaban J connectivity index is 1.50. The molecule has 136 valence electrons. The smallest absolute Gasteiger partial charge is 0.227 e. The number of nitrogens with one attached hydrogen (secondary N) is 1. The molecule has 0 spiro atoms. The van der Waals surface area contributed by atoms with E-state index in [4.69, 9.17) is 11.6 Å². The highest BCUT2D eigenvalue weighted by atomic mass is 35.5. The Morgan fingerprint density at radius 3 is 2.38 bits per heavy atom. The number of hydrogen-bond acceptors (Lipinski definition) is 2. The topological polar surface area (TPSA) is 49.4 Å². The molecule has 0 atom stereocenters. The SMILES string of the molecule is Cc1ccccc1CC(=O)N1CCC(C(=O)Nc2ccc(Cl)cc2)CC1. The zero-order chi connectivity index (χ0) is 18.5. The molecular formula is C21H23ClN2O2. The van der Waals surface area contributed by atoms with Crippen LogP contribution in [0.4, 0.5) is 5.69 Å². The molecule has 1 heterocycles. The molecule has 0 saturated carbocycles. The standard InChI is InChI=1S/C21H23ClN2O2/c1-15-4-2-3-5-17(15)14-20(25)24-12-10-16(11-13-24)21(26)23-19-8-6-18(22)7-9-19/h2-9,16H,10-14H2,1H3,(H,23,26). The number of carbonyl (C=O) groups excluding carboxylic acids is 2. The molecule has 4 nitrogen and oxygen atoms in total. The number of nitrogens with zero attached hydrogens (tertiary/aromatic N) is 1. The van der Waals surface area contributed by atoms with Gasteiger partial charge in [-0.2, -0.15) is 0 Å². The number of hydrogen-bond donors (Lipinski definition) is 1. The second kappa shape index (κ2) is 8.37. The van der Waals surface area contributed by atoms with E-state index < -0.39 is 0 Å². The Morgan fingerprint density at radius 1 is 1.08 bits per heavy atom. The van der Waals surface area contributed by atoms with Crippen molar-refractivity contribution in [3.63, 3.8) is 0 Å². The van der Waals surface area contributed by atoms with Crippen molar-refractivity contribution in [1.82, 2.24) is 4.90 Å². The van der Waals surface area contributed by atoms with Gasteiger partial charge in [-0.15, -0.1) is 0 Å². The van der Waals surface area contributed by atoms with E-state index in [1.54, 1.807) is 24.3 Å². The summed E-state index contributed by atoms with van der Waals surface area (Å²) in [6.45, 7) is 3.28. The summed E-state index contributed by atoms with van der Waals surface area (Å²) in [6.07, 6.45) is 1.81. The molecule has 26 heavy (non-hydrogen) atoms. The lowest BCUT2D eigenvalue weighted by Gasteiger charge is -2.31. The van der Waals surface area contributed by atoms with Gasteiger partial charge in [-0.25, -0.2) is 0 Å². The van der Waals surface area contributed by atoms with E-state index in [0.29, 0.717) is 37.4 Å². The summed E-state index contributed by atoms with van der Waals surface area (Å²) in [6, 6.07) is 15.1. The summed E-state index contributed by atoms with van der Waals surface area (Å²) in [5.74, 6) is 0.0855. The lowest BCUT2D eigenvalue weighted by molar-refractivity contribution is -0.133. The monoisotopic (exact) mass is 370 g/mol. The normalized spacial score (nSPS) is 14.9. The third-order valence-electron chi connectivity index (χ3n) is 4.93. The molecule has 1 aliphatic heterocycles. The number of benzene rings is 2. The summed E-state index contributed by atoms with van der Waals surface area (Å²) in [7, 11) is 0. The molecule has 0 aliphatic carbocycles. The molecule has 5 heteroatoms. The minimum absolute atomic E-state index is 0.0123. The maximum Gasteiger partial charge on any atom is 0.227 e. The van der Waals surface area contributed by atoms with Crippen molar-refractivity contribution in [2.24, 2.45) is 5.92 Å². The fourth-order valence-corrected chi connectivity index (χ4v) is 3.38. The molecule has 2 amide bonds. The second-order valence-electron chi connectivity index (χ2n) is 6.75. The predicted molar refractivity (Wildman–Crippen MR) is 104 cm³/mol. The Bertz CT molecular complexity index is 781. The predicted octanol–water partition coefficient (Wildman–Crippen LogP) is 4.07. The van der Waals surface area contributed by atoms with Crippen molar-refractivity contribution in [1.29, 1.82) is 0 Å². The number of anilines is 1. The van der Waals surface area contributed by atoms with Crippen LogP contribution >= 0.6 is 11.6 Å². The number of rotatable bonds is 4. The fourth-order valence-electron chi connectivity index (χ4n) is 3.25. The van der Waals surface area contributed by atoms with Crippen LogP contribution in [0, 0.1) is 12.8 Å². The highest BCUT2D eigenvalue weighted by Gasteiger charge is 2.27. The molecule has 1 fully saturated rings. The molecule has 3 rings (SSSR count). The number of piperidine rings is 1. The van der Waals surface area contributed by atoms with E-state index >= 15 is 0 Å². The fraction of sp³-hybridized carbons (Fsp3) is 0.333. The molecule has 1 saturated heterocycles. The van der Waals surface area contributed by atoms with Crippen molar-refractivity contribution < 1.29 is 9.59 Å². The van der Waals surface area contributed by atoms with Crippen LogP contribution in [0.25, 0.3) is 0 Å². The number of likely N-dealkylation sites (tertiary alicyclic amines) is 1. The van der Waals surface area contributed by atoms with Gasteiger partial charge in [0.1, 0.15) is 0 Å². The van der Waals surface area contributed by atoms with E-state index in [1.807, 2.05) is 36.1 Å². The third kappa shape index (κ3) is 4.64. The summed E-state index contributed by atoms with van der Waals surface area (Å²) < 4.78 is 0. The van der Waals surface area contributed by atoms with Crippen LogP contribution < -0.4 is 5.32 Å². The summed E-state index contributed by atoms with van der Waals surface area (Å²) in [4.78, 5) is 26.8. The summed E-state index contributed by atoms with van der Waals surface area (Å²) in [5.41, 5.74) is 2.95. The van der Waals surface area contributed by atoms with Gasteiger partial charge in [-0.1, -0.05) is 35.9 Å². The molecule has 0 aromatic heterocycles. The molecule has 1 aliphatic rings. The zero-order valence-electron chi connectivity index (χ0n) is 14.9. The average molecular weight is 371 g/mol. The number of carbonyl (C=O) groups is 2. The van der Waals surface area contributed by atoms with Crippen LogP contribution in [-0.2, 0) is 16.0 Å². The molecule has 2 aromatic rings. The number of halogens is 1. The van der Waals surface area contributed by atoms with Gasteiger partial charge in [-0.05, 0) is 55.2 Å². The van der Waals surface area contributed by atoms with Crippen molar-refractivity contribution in [3.8, 4) is 0 Å². The molecule has 0 bridgehead atoms. The zero-order valence-corrected chi connectivity index (χ0v) is 15.6. The lowest BCUT2D eigenvalue weighted by Crippen LogP contribution is -2.42. The molecular weight excluding hydrogens is 348 g/mol. The van der Waals surface area contributed by atoms with Gasteiger partial charge in [0.25, 0.3) is 0 Å². The number of amides is 2. The third-order valence-corrected chi connectivity index (χ3v) is 5.19. The highest BCUT2D eigenvalue weighted by Crippen LogP contribution is 2.21. The Morgan fingerprint density at radius 2 is 1.73 bits per heavy atom. The van der Waals surface area contributed by atoms with Crippen molar-refractivity contribution in [3.05, 3.63) is 64.7 Å². The van der Waals surface area contributed by atoms with Crippen molar-refractivity contribution >= 4 is 29.1 Å². The summed E-state index contributed by atoms with van der Waals surface area (Å²) >= 11 is 5.86. The Labute approximate surface area is 159 Å².